The van der Waals surface area contributed by atoms with Crippen LogP contribution in [0.3, 0.4) is 0 Å². The minimum Gasteiger partial charge on any atom is -0.481 e. The predicted molar refractivity (Wildman–Crippen MR) is 73.2 cm³/mol. The van der Waals surface area contributed by atoms with E-state index in [2.05, 4.69) is 12.1 Å². The van der Waals surface area contributed by atoms with E-state index in [1.165, 1.54) is 5.56 Å². The Morgan fingerprint density at radius 3 is 2.17 bits per heavy atom. The normalized spacial score (nSPS) is 10.7. The molecule has 0 spiro atoms. The van der Waals surface area contributed by atoms with Gasteiger partial charge in [0.1, 0.15) is 0 Å². The monoisotopic (exact) mass is 238 g/mol. The van der Waals surface area contributed by atoms with Gasteiger partial charge in [-0.25, -0.2) is 0 Å². The van der Waals surface area contributed by atoms with Crippen LogP contribution >= 0.6 is 0 Å². The molecule has 2 aromatic rings. The van der Waals surface area contributed by atoms with Gasteiger partial charge in [0.05, 0.1) is 6.42 Å². The Morgan fingerprint density at radius 2 is 1.56 bits per heavy atom. The van der Waals surface area contributed by atoms with E-state index in [0.717, 1.165) is 11.1 Å². The van der Waals surface area contributed by atoms with Gasteiger partial charge < -0.3 is 5.11 Å². The minimum atomic E-state index is -0.813. The number of benzene rings is 2. The van der Waals surface area contributed by atoms with Gasteiger partial charge in [-0.2, -0.15) is 0 Å². The molecule has 0 radical (unpaired) electrons. The van der Waals surface area contributed by atoms with Gasteiger partial charge in [-0.3, -0.25) is 4.79 Å². The summed E-state index contributed by atoms with van der Waals surface area (Å²) in [6.07, 6.45) is 3.53. The Balaban J connectivity index is 2.11. The first-order chi connectivity index (χ1) is 8.75. The molecule has 0 bridgehead atoms. The molecule has 0 saturated carbocycles. The van der Waals surface area contributed by atoms with E-state index >= 15 is 0 Å². The molecule has 90 valence electrons. The molecule has 0 aliphatic rings. The second-order valence-electron chi connectivity index (χ2n) is 3.99. The van der Waals surface area contributed by atoms with Gasteiger partial charge in [-0.15, -0.1) is 0 Å². The van der Waals surface area contributed by atoms with Gasteiger partial charge in [-0.05, 0) is 16.7 Å². The van der Waals surface area contributed by atoms with E-state index in [4.69, 9.17) is 5.11 Å². The Hall–Kier alpha value is -2.35. The van der Waals surface area contributed by atoms with Crippen LogP contribution in [0, 0.1) is 0 Å². The molecule has 0 unspecified atom stereocenters. The van der Waals surface area contributed by atoms with Crippen LogP contribution in [0.2, 0.25) is 0 Å². The lowest BCUT2D eigenvalue weighted by Crippen LogP contribution is -1.89. The zero-order chi connectivity index (χ0) is 12.8. The van der Waals surface area contributed by atoms with Crippen molar-refractivity contribution in [1.82, 2.24) is 0 Å². The first-order valence-corrected chi connectivity index (χ1v) is 5.79. The number of rotatable bonds is 4. The summed E-state index contributed by atoms with van der Waals surface area (Å²) in [4.78, 5) is 10.4. The first kappa shape index (κ1) is 12.1. The van der Waals surface area contributed by atoms with Crippen molar-refractivity contribution in [2.45, 2.75) is 6.42 Å². The largest absolute Gasteiger partial charge is 0.481 e. The maximum atomic E-state index is 10.4. The van der Waals surface area contributed by atoms with Crippen molar-refractivity contribution in [2.24, 2.45) is 0 Å². The molecule has 2 nitrogen and oxygen atoms in total. The van der Waals surface area contributed by atoms with E-state index in [1.807, 2.05) is 48.5 Å². The van der Waals surface area contributed by atoms with Crippen LogP contribution in [0.15, 0.2) is 60.7 Å². The maximum absolute atomic E-state index is 10.4. The molecule has 0 amide bonds. The summed E-state index contributed by atoms with van der Waals surface area (Å²) >= 11 is 0. The number of carboxylic acids is 1. The van der Waals surface area contributed by atoms with E-state index in [9.17, 15) is 4.79 Å². The van der Waals surface area contributed by atoms with Crippen LogP contribution in [0.1, 0.15) is 12.0 Å². The van der Waals surface area contributed by atoms with E-state index in [1.54, 1.807) is 6.08 Å². The summed E-state index contributed by atoms with van der Waals surface area (Å²) in [5.74, 6) is -0.813. The maximum Gasteiger partial charge on any atom is 0.307 e. The minimum absolute atomic E-state index is 0.0560. The summed E-state index contributed by atoms with van der Waals surface area (Å²) in [7, 11) is 0. The first-order valence-electron chi connectivity index (χ1n) is 5.79. The Bertz CT molecular complexity index is 539. The van der Waals surface area contributed by atoms with Crippen molar-refractivity contribution in [2.75, 3.05) is 0 Å². The van der Waals surface area contributed by atoms with Crippen molar-refractivity contribution in [3.05, 3.63) is 66.2 Å². The average Bonchev–Trinajstić information content (AvgIpc) is 2.40. The van der Waals surface area contributed by atoms with E-state index < -0.39 is 5.97 Å². The molecule has 0 atom stereocenters. The molecular weight excluding hydrogens is 224 g/mol. The number of aliphatic carboxylic acids is 1. The fourth-order valence-electron chi connectivity index (χ4n) is 1.71. The Morgan fingerprint density at radius 1 is 0.944 bits per heavy atom. The van der Waals surface area contributed by atoms with Crippen LogP contribution < -0.4 is 0 Å². The van der Waals surface area contributed by atoms with Crippen LogP contribution in [0.4, 0.5) is 0 Å². The zero-order valence-corrected chi connectivity index (χ0v) is 9.91. The van der Waals surface area contributed by atoms with Gasteiger partial charge in [0.2, 0.25) is 0 Å². The van der Waals surface area contributed by atoms with Gasteiger partial charge in [-0.1, -0.05) is 66.7 Å². The molecule has 2 heteroatoms. The molecule has 0 aromatic heterocycles. The smallest absolute Gasteiger partial charge is 0.307 e. The van der Waals surface area contributed by atoms with Crippen LogP contribution in [-0.2, 0) is 4.79 Å². The molecule has 0 aliphatic heterocycles. The van der Waals surface area contributed by atoms with Crippen molar-refractivity contribution >= 4 is 12.0 Å². The van der Waals surface area contributed by atoms with Crippen LogP contribution in [0.25, 0.3) is 17.2 Å². The lowest BCUT2D eigenvalue weighted by atomic mass is 10.0. The third-order valence-electron chi connectivity index (χ3n) is 2.62. The van der Waals surface area contributed by atoms with E-state index in [0.29, 0.717) is 0 Å². The highest BCUT2D eigenvalue weighted by atomic mass is 16.4. The van der Waals surface area contributed by atoms with Crippen molar-refractivity contribution < 1.29 is 9.90 Å². The number of carbonyl (C=O) groups is 1. The summed E-state index contributed by atoms with van der Waals surface area (Å²) in [5, 5.41) is 8.53. The summed E-state index contributed by atoms with van der Waals surface area (Å²) in [6.45, 7) is 0. The Kier molecular flexibility index (Phi) is 3.92. The fourth-order valence-corrected chi connectivity index (χ4v) is 1.71. The number of hydrogen-bond donors (Lipinski definition) is 1. The second-order valence-corrected chi connectivity index (χ2v) is 3.99. The van der Waals surface area contributed by atoms with Crippen LogP contribution in [0.5, 0.6) is 0 Å². The average molecular weight is 238 g/mol. The van der Waals surface area contributed by atoms with E-state index in [-0.39, 0.29) is 6.42 Å². The molecule has 18 heavy (non-hydrogen) atoms. The van der Waals surface area contributed by atoms with Crippen molar-refractivity contribution in [1.29, 1.82) is 0 Å². The standard InChI is InChI=1S/C16H14O2/c17-16(18)8-4-5-13-9-11-15(12-10-13)14-6-2-1-3-7-14/h1-7,9-12H,8H2,(H,17,18). The molecule has 0 heterocycles. The fraction of sp³-hybridized carbons (Fsp3) is 0.0625. The third kappa shape index (κ3) is 3.32. The summed E-state index contributed by atoms with van der Waals surface area (Å²) in [5.41, 5.74) is 3.35. The van der Waals surface area contributed by atoms with Gasteiger partial charge >= 0.3 is 5.97 Å². The topological polar surface area (TPSA) is 37.3 Å². The molecule has 0 aliphatic carbocycles. The number of hydrogen-bond acceptors (Lipinski definition) is 1. The lowest BCUT2D eigenvalue weighted by molar-refractivity contribution is -0.135. The quantitative estimate of drug-likeness (QED) is 0.878. The SMILES string of the molecule is O=C(O)CC=Cc1ccc(-c2ccccc2)cc1. The van der Waals surface area contributed by atoms with Crippen molar-refractivity contribution in [3.63, 3.8) is 0 Å². The number of carboxylic acid groups (broad SMARTS) is 1. The molecule has 0 fully saturated rings. The Labute approximate surface area is 106 Å². The zero-order valence-electron chi connectivity index (χ0n) is 9.91. The highest BCUT2D eigenvalue weighted by molar-refractivity contribution is 5.71. The highest BCUT2D eigenvalue weighted by Crippen LogP contribution is 2.19. The summed E-state index contributed by atoms with van der Waals surface area (Å²) < 4.78 is 0. The molecule has 0 saturated heterocycles. The highest BCUT2D eigenvalue weighted by Gasteiger charge is 1.96. The predicted octanol–water partition coefficient (Wildman–Crippen LogP) is 3.84. The van der Waals surface area contributed by atoms with Gasteiger partial charge in [0.25, 0.3) is 0 Å². The van der Waals surface area contributed by atoms with Crippen LogP contribution in [-0.4, -0.2) is 11.1 Å². The molecule has 2 rings (SSSR count). The van der Waals surface area contributed by atoms with Gasteiger partial charge in [0.15, 0.2) is 0 Å². The molecular formula is C16H14O2. The van der Waals surface area contributed by atoms with Gasteiger partial charge in [0, 0.05) is 0 Å². The third-order valence-corrected chi connectivity index (χ3v) is 2.62. The van der Waals surface area contributed by atoms with Crippen molar-refractivity contribution in [3.8, 4) is 11.1 Å². The lowest BCUT2D eigenvalue weighted by Gasteiger charge is -2.01. The molecule has 2 aromatic carbocycles. The summed E-state index contributed by atoms with van der Waals surface area (Å²) in [6, 6.07) is 18.2. The second kappa shape index (κ2) is 5.82. The molecule has 1 N–H and O–H groups in total.